The molecule has 1 atom stereocenters. The van der Waals surface area contributed by atoms with E-state index >= 15 is 0 Å². The largest absolute Gasteiger partial charge is 0.343 e. The minimum absolute atomic E-state index is 0.176. The summed E-state index contributed by atoms with van der Waals surface area (Å²) in [5, 5.41) is 5.91. The third-order valence-electron chi connectivity index (χ3n) is 1.53. The second kappa shape index (κ2) is 3.34. The van der Waals surface area contributed by atoms with Gasteiger partial charge in [0.2, 0.25) is 0 Å². The normalized spacial score (nSPS) is 13.3. The van der Waals surface area contributed by atoms with E-state index in [1.54, 1.807) is 0 Å². The van der Waals surface area contributed by atoms with E-state index < -0.39 is 0 Å². The van der Waals surface area contributed by atoms with Crippen molar-refractivity contribution in [2.75, 3.05) is 6.54 Å². The summed E-state index contributed by atoms with van der Waals surface area (Å²) in [6.07, 6.45) is 1.48. The molecule has 11 heavy (non-hydrogen) atoms. The highest BCUT2D eigenvalue weighted by atomic mass is 16.1. The van der Waals surface area contributed by atoms with Crippen LogP contribution in [0.25, 0.3) is 0 Å². The molecular weight excluding hydrogens is 144 g/mol. The van der Waals surface area contributed by atoms with E-state index in [2.05, 4.69) is 10.2 Å². The van der Waals surface area contributed by atoms with Gasteiger partial charge in [-0.15, -0.1) is 0 Å². The van der Waals surface area contributed by atoms with Gasteiger partial charge in [0.25, 0.3) is 0 Å². The Morgan fingerprint density at radius 1 is 1.91 bits per heavy atom. The number of aromatic nitrogens is 3. The Hall–Kier alpha value is -1.10. The van der Waals surface area contributed by atoms with Crippen molar-refractivity contribution in [1.82, 2.24) is 14.8 Å². The van der Waals surface area contributed by atoms with E-state index in [1.807, 2.05) is 6.92 Å². The smallest absolute Gasteiger partial charge is 0.330 e. The average molecular weight is 156 g/mol. The van der Waals surface area contributed by atoms with Crippen LogP contribution < -0.4 is 11.4 Å². The molecule has 1 heterocycles. The second-order valence-electron chi connectivity index (χ2n) is 2.65. The summed E-state index contributed by atoms with van der Waals surface area (Å²) < 4.78 is 1.51. The minimum atomic E-state index is -0.176. The molecule has 0 aliphatic rings. The van der Waals surface area contributed by atoms with Crippen molar-refractivity contribution in [2.45, 2.75) is 13.5 Å². The third-order valence-corrected chi connectivity index (χ3v) is 1.53. The third kappa shape index (κ3) is 1.91. The summed E-state index contributed by atoms with van der Waals surface area (Å²) >= 11 is 0. The first kappa shape index (κ1) is 8.00. The molecule has 0 radical (unpaired) electrons. The number of aromatic amines is 1. The standard InChI is InChI=1S/C6H12N4O/c1-5(2-7)3-10-4-8-9-6(10)11/h4-5H,2-3,7H2,1H3,(H,9,11). The number of H-pyrrole nitrogens is 1. The van der Waals surface area contributed by atoms with Crippen molar-refractivity contribution < 1.29 is 0 Å². The lowest BCUT2D eigenvalue weighted by atomic mass is 10.2. The van der Waals surface area contributed by atoms with Crippen molar-refractivity contribution in [2.24, 2.45) is 11.7 Å². The lowest BCUT2D eigenvalue weighted by Gasteiger charge is -2.06. The van der Waals surface area contributed by atoms with Gasteiger partial charge in [-0.3, -0.25) is 4.57 Å². The van der Waals surface area contributed by atoms with Crippen molar-refractivity contribution in [3.8, 4) is 0 Å². The first-order chi connectivity index (χ1) is 5.24. The van der Waals surface area contributed by atoms with Gasteiger partial charge < -0.3 is 5.73 Å². The Morgan fingerprint density at radius 2 is 2.64 bits per heavy atom. The molecule has 1 aromatic heterocycles. The molecule has 0 saturated heterocycles. The van der Waals surface area contributed by atoms with Gasteiger partial charge in [-0.25, -0.2) is 9.89 Å². The molecular formula is C6H12N4O. The summed E-state index contributed by atoms with van der Waals surface area (Å²) in [4.78, 5) is 10.9. The summed E-state index contributed by atoms with van der Waals surface area (Å²) in [6.45, 7) is 3.20. The number of hydrogen-bond donors (Lipinski definition) is 2. The summed E-state index contributed by atoms with van der Waals surface area (Å²) in [5.41, 5.74) is 5.22. The van der Waals surface area contributed by atoms with E-state index in [0.29, 0.717) is 19.0 Å². The van der Waals surface area contributed by atoms with Crippen LogP contribution in [-0.2, 0) is 6.54 Å². The summed E-state index contributed by atoms with van der Waals surface area (Å²) in [6, 6.07) is 0. The first-order valence-electron chi connectivity index (χ1n) is 3.54. The Labute approximate surface area is 64.2 Å². The van der Waals surface area contributed by atoms with Crippen LogP contribution >= 0.6 is 0 Å². The Kier molecular flexibility index (Phi) is 2.43. The van der Waals surface area contributed by atoms with E-state index in [4.69, 9.17) is 5.73 Å². The van der Waals surface area contributed by atoms with Gasteiger partial charge in [0.15, 0.2) is 0 Å². The van der Waals surface area contributed by atoms with Crippen LogP contribution in [0.15, 0.2) is 11.1 Å². The highest BCUT2D eigenvalue weighted by Gasteiger charge is 2.02. The van der Waals surface area contributed by atoms with Gasteiger partial charge in [-0.05, 0) is 12.5 Å². The fraction of sp³-hybridized carbons (Fsp3) is 0.667. The monoisotopic (exact) mass is 156 g/mol. The Bertz CT molecular complexity index is 264. The first-order valence-corrected chi connectivity index (χ1v) is 3.54. The van der Waals surface area contributed by atoms with Gasteiger partial charge in [-0.1, -0.05) is 6.92 Å². The van der Waals surface area contributed by atoms with E-state index in [-0.39, 0.29) is 5.69 Å². The van der Waals surface area contributed by atoms with Crippen LogP contribution in [0.3, 0.4) is 0 Å². The number of nitrogens with zero attached hydrogens (tertiary/aromatic N) is 2. The molecule has 0 aliphatic carbocycles. The molecule has 1 aromatic rings. The molecule has 5 nitrogen and oxygen atoms in total. The molecule has 62 valence electrons. The SMILES string of the molecule is CC(CN)Cn1cn[nH]c1=O. The number of nitrogens with two attached hydrogens (primary N) is 1. The fourth-order valence-electron chi connectivity index (χ4n) is 0.811. The molecule has 0 saturated carbocycles. The lowest BCUT2D eigenvalue weighted by Crippen LogP contribution is -2.23. The van der Waals surface area contributed by atoms with Gasteiger partial charge in [0.05, 0.1) is 0 Å². The quantitative estimate of drug-likeness (QED) is 0.599. The predicted octanol–water partition coefficient (Wildman–Crippen LogP) is -0.834. The average Bonchev–Trinajstić information content (AvgIpc) is 2.37. The van der Waals surface area contributed by atoms with Gasteiger partial charge in [0, 0.05) is 6.54 Å². The Balaban J connectivity index is 2.64. The summed E-state index contributed by atoms with van der Waals surface area (Å²) in [7, 11) is 0. The zero-order valence-corrected chi connectivity index (χ0v) is 6.45. The molecule has 0 spiro atoms. The van der Waals surface area contributed by atoms with E-state index in [9.17, 15) is 4.79 Å². The van der Waals surface area contributed by atoms with Gasteiger partial charge in [0.1, 0.15) is 6.33 Å². The van der Waals surface area contributed by atoms with Crippen molar-refractivity contribution in [3.63, 3.8) is 0 Å². The number of nitrogens with one attached hydrogen (secondary N) is 1. The predicted molar refractivity (Wildman–Crippen MR) is 41.1 cm³/mol. The van der Waals surface area contributed by atoms with Gasteiger partial charge in [-0.2, -0.15) is 5.10 Å². The van der Waals surface area contributed by atoms with E-state index in [1.165, 1.54) is 10.9 Å². The van der Waals surface area contributed by atoms with Crippen molar-refractivity contribution in [1.29, 1.82) is 0 Å². The van der Waals surface area contributed by atoms with Crippen LogP contribution in [0, 0.1) is 5.92 Å². The van der Waals surface area contributed by atoms with E-state index in [0.717, 1.165) is 0 Å². The maximum absolute atomic E-state index is 10.9. The second-order valence-corrected chi connectivity index (χ2v) is 2.65. The van der Waals surface area contributed by atoms with Crippen LogP contribution in [0.4, 0.5) is 0 Å². The van der Waals surface area contributed by atoms with Crippen molar-refractivity contribution in [3.05, 3.63) is 16.8 Å². The highest BCUT2D eigenvalue weighted by molar-refractivity contribution is 4.65. The molecule has 0 aromatic carbocycles. The fourth-order valence-corrected chi connectivity index (χ4v) is 0.811. The van der Waals surface area contributed by atoms with Crippen LogP contribution in [0.1, 0.15) is 6.92 Å². The van der Waals surface area contributed by atoms with Crippen molar-refractivity contribution >= 4 is 0 Å². The lowest BCUT2D eigenvalue weighted by molar-refractivity contribution is 0.482. The van der Waals surface area contributed by atoms with Crippen LogP contribution in [-0.4, -0.2) is 21.3 Å². The van der Waals surface area contributed by atoms with Gasteiger partial charge >= 0.3 is 5.69 Å². The molecule has 0 fully saturated rings. The van der Waals surface area contributed by atoms with Crippen LogP contribution in [0.2, 0.25) is 0 Å². The molecule has 3 N–H and O–H groups in total. The molecule has 0 aliphatic heterocycles. The maximum Gasteiger partial charge on any atom is 0.343 e. The topological polar surface area (TPSA) is 76.7 Å². The minimum Gasteiger partial charge on any atom is -0.330 e. The zero-order chi connectivity index (χ0) is 8.27. The number of rotatable bonds is 3. The molecule has 1 rings (SSSR count). The molecule has 0 amide bonds. The zero-order valence-electron chi connectivity index (χ0n) is 6.45. The highest BCUT2D eigenvalue weighted by Crippen LogP contribution is 1.92. The number of hydrogen-bond acceptors (Lipinski definition) is 3. The molecule has 1 unspecified atom stereocenters. The summed E-state index contributed by atoms with van der Waals surface area (Å²) in [5.74, 6) is 0.310. The Morgan fingerprint density at radius 3 is 3.09 bits per heavy atom. The maximum atomic E-state index is 10.9. The molecule has 5 heteroatoms. The van der Waals surface area contributed by atoms with Crippen LogP contribution in [0.5, 0.6) is 0 Å². The molecule has 0 bridgehead atoms.